The Morgan fingerprint density at radius 1 is 1.04 bits per heavy atom. The molecule has 0 aliphatic rings. The highest BCUT2D eigenvalue weighted by Crippen LogP contribution is 2.18. The van der Waals surface area contributed by atoms with Crippen molar-refractivity contribution in [2.45, 2.75) is 39.0 Å². The summed E-state index contributed by atoms with van der Waals surface area (Å²) in [4.78, 5) is 12.0. The summed E-state index contributed by atoms with van der Waals surface area (Å²) in [5, 5.41) is 3.41. The Balaban J connectivity index is 1.72. The number of carbonyl (C=O) groups is 1. The fraction of sp³-hybridized carbons (Fsp3) is 0.333. The van der Waals surface area contributed by atoms with Gasteiger partial charge in [0.1, 0.15) is 5.75 Å². The molecule has 0 aliphatic heterocycles. The maximum atomic E-state index is 12.0. The molecule has 0 atom stereocenters. The molecule has 0 radical (unpaired) electrons. The number of amides is 1. The number of unbranched alkanes of at least 4 members (excludes halogenated alkanes) is 1. The van der Waals surface area contributed by atoms with Crippen molar-refractivity contribution < 1.29 is 9.53 Å². The van der Waals surface area contributed by atoms with Crippen LogP contribution in [0.2, 0.25) is 0 Å². The molecule has 0 spiro atoms. The number of hydrogen-bond donors (Lipinski definition) is 3. The van der Waals surface area contributed by atoms with Crippen LogP contribution in [0.3, 0.4) is 0 Å². The van der Waals surface area contributed by atoms with Crippen molar-refractivity contribution in [1.82, 2.24) is 10.9 Å². The van der Waals surface area contributed by atoms with Crippen molar-refractivity contribution in [2.24, 2.45) is 0 Å². The van der Waals surface area contributed by atoms with Gasteiger partial charge in [-0.15, -0.1) is 0 Å². The minimum absolute atomic E-state index is 0.139. The second-order valence-corrected chi connectivity index (χ2v) is 6.65. The van der Waals surface area contributed by atoms with E-state index in [1.807, 2.05) is 36.4 Å². The van der Waals surface area contributed by atoms with Crippen molar-refractivity contribution in [1.29, 1.82) is 0 Å². The minimum atomic E-state index is -0.139. The number of thiocarbonyl (C=S) groups is 1. The number of ether oxygens (including phenoxy) is 1. The molecule has 1 amide bonds. The molecule has 2 aromatic rings. The molecule has 6 heteroatoms. The van der Waals surface area contributed by atoms with Crippen LogP contribution in [0.1, 0.15) is 37.3 Å². The Hall–Kier alpha value is -2.60. The standard InChI is InChI=1S/C21H27N3O2S/c1-3-4-7-16-10-13-18(14-11-16)22-21(27)24-23-20(25)15-12-17-8-5-6-9-19(17)26-2/h5-6,8-11,13-14H,3-4,7,12,15H2,1-2H3,(H,23,25)(H2,22,24,27). The minimum Gasteiger partial charge on any atom is -0.496 e. The third kappa shape index (κ3) is 7.27. The molecule has 5 nitrogen and oxygen atoms in total. The lowest BCUT2D eigenvalue weighted by atomic mass is 10.1. The molecule has 0 unspecified atom stereocenters. The van der Waals surface area contributed by atoms with E-state index in [1.54, 1.807) is 7.11 Å². The Labute approximate surface area is 166 Å². The molecule has 0 bridgehead atoms. The maximum Gasteiger partial charge on any atom is 0.238 e. The molecule has 0 saturated carbocycles. The molecule has 0 aromatic heterocycles. The number of anilines is 1. The van der Waals surface area contributed by atoms with E-state index in [1.165, 1.54) is 18.4 Å². The third-order valence-electron chi connectivity index (χ3n) is 4.16. The monoisotopic (exact) mass is 385 g/mol. The van der Waals surface area contributed by atoms with Crippen molar-refractivity contribution in [3.8, 4) is 5.75 Å². The summed E-state index contributed by atoms with van der Waals surface area (Å²) in [6.07, 6.45) is 4.39. The number of aryl methyl sites for hydroxylation is 2. The van der Waals surface area contributed by atoms with Crippen LogP contribution in [0.25, 0.3) is 0 Å². The van der Waals surface area contributed by atoms with Crippen LogP contribution >= 0.6 is 12.2 Å². The van der Waals surface area contributed by atoms with Gasteiger partial charge >= 0.3 is 0 Å². The summed E-state index contributed by atoms with van der Waals surface area (Å²) in [6.45, 7) is 2.19. The van der Waals surface area contributed by atoms with Gasteiger partial charge in [-0.2, -0.15) is 0 Å². The smallest absolute Gasteiger partial charge is 0.238 e. The van der Waals surface area contributed by atoms with Crippen LogP contribution in [0.5, 0.6) is 5.75 Å². The Bertz CT molecular complexity index is 747. The highest BCUT2D eigenvalue weighted by atomic mass is 32.1. The fourth-order valence-corrected chi connectivity index (χ4v) is 2.81. The van der Waals surface area contributed by atoms with Crippen LogP contribution in [-0.4, -0.2) is 18.1 Å². The van der Waals surface area contributed by atoms with Gasteiger partial charge < -0.3 is 10.1 Å². The van der Waals surface area contributed by atoms with Gasteiger partial charge in [-0.1, -0.05) is 43.7 Å². The first kappa shape index (κ1) is 20.7. The lowest BCUT2D eigenvalue weighted by Gasteiger charge is -2.12. The quantitative estimate of drug-likeness (QED) is 0.474. The third-order valence-corrected chi connectivity index (χ3v) is 4.36. The van der Waals surface area contributed by atoms with Gasteiger partial charge in [0.2, 0.25) is 5.91 Å². The number of benzene rings is 2. The maximum absolute atomic E-state index is 12.0. The van der Waals surface area contributed by atoms with Crippen LogP contribution in [0, 0.1) is 0 Å². The Kier molecular flexibility index (Phi) is 8.58. The van der Waals surface area contributed by atoms with Crippen LogP contribution < -0.4 is 20.9 Å². The molecule has 2 aromatic carbocycles. The number of hydrogen-bond acceptors (Lipinski definition) is 3. The van der Waals surface area contributed by atoms with Gasteiger partial charge in [-0.05, 0) is 60.8 Å². The summed E-state index contributed by atoms with van der Waals surface area (Å²) < 4.78 is 5.29. The average Bonchev–Trinajstić information content (AvgIpc) is 2.70. The van der Waals surface area contributed by atoms with E-state index in [2.05, 4.69) is 35.2 Å². The predicted octanol–water partition coefficient (Wildman–Crippen LogP) is 3.99. The molecule has 0 saturated heterocycles. The van der Waals surface area contributed by atoms with Crippen molar-refractivity contribution in [2.75, 3.05) is 12.4 Å². The van der Waals surface area contributed by atoms with Crippen LogP contribution in [0.4, 0.5) is 5.69 Å². The van der Waals surface area contributed by atoms with Gasteiger partial charge in [0, 0.05) is 12.1 Å². The first-order valence-electron chi connectivity index (χ1n) is 9.19. The molecular formula is C21H27N3O2S. The van der Waals surface area contributed by atoms with E-state index in [0.717, 1.165) is 23.4 Å². The number of nitrogens with one attached hydrogen (secondary N) is 3. The molecule has 144 valence electrons. The summed E-state index contributed by atoms with van der Waals surface area (Å²) in [5.74, 6) is 0.651. The number of para-hydroxylation sites is 1. The van der Waals surface area contributed by atoms with Crippen LogP contribution in [-0.2, 0) is 17.6 Å². The van der Waals surface area contributed by atoms with E-state index < -0.39 is 0 Å². The molecular weight excluding hydrogens is 358 g/mol. The Morgan fingerprint density at radius 2 is 1.78 bits per heavy atom. The highest BCUT2D eigenvalue weighted by molar-refractivity contribution is 7.80. The number of rotatable bonds is 8. The fourth-order valence-electron chi connectivity index (χ4n) is 2.64. The largest absolute Gasteiger partial charge is 0.496 e. The van der Waals surface area contributed by atoms with E-state index >= 15 is 0 Å². The van der Waals surface area contributed by atoms with Crippen molar-refractivity contribution in [3.63, 3.8) is 0 Å². The summed E-state index contributed by atoms with van der Waals surface area (Å²) >= 11 is 5.22. The predicted molar refractivity (Wildman–Crippen MR) is 114 cm³/mol. The van der Waals surface area contributed by atoms with Crippen LogP contribution in [0.15, 0.2) is 48.5 Å². The van der Waals surface area contributed by atoms with Gasteiger partial charge in [0.15, 0.2) is 5.11 Å². The molecule has 0 heterocycles. The molecule has 0 fully saturated rings. The summed E-state index contributed by atoms with van der Waals surface area (Å²) in [6, 6.07) is 15.8. The van der Waals surface area contributed by atoms with E-state index in [0.29, 0.717) is 18.0 Å². The summed E-state index contributed by atoms with van der Waals surface area (Å²) in [7, 11) is 1.63. The number of carbonyl (C=O) groups excluding carboxylic acids is 1. The SMILES string of the molecule is CCCCc1ccc(NC(=S)NNC(=O)CCc2ccccc2OC)cc1. The normalized spacial score (nSPS) is 10.1. The van der Waals surface area contributed by atoms with Crippen molar-refractivity contribution >= 4 is 28.9 Å². The van der Waals surface area contributed by atoms with Gasteiger partial charge in [0.05, 0.1) is 7.11 Å². The topological polar surface area (TPSA) is 62.4 Å². The molecule has 0 aliphatic carbocycles. The van der Waals surface area contributed by atoms with E-state index in [4.69, 9.17) is 17.0 Å². The van der Waals surface area contributed by atoms with E-state index in [9.17, 15) is 4.79 Å². The molecule has 2 rings (SSSR count). The molecule has 27 heavy (non-hydrogen) atoms. The lowest BCUT2D eigenvalue weighted by molar-refractivity contribution is -0.121. The van der Waals surface area contributed by atoms with Gasteiger partial charge in [-0.25, -0.2) is 0 Å². The first-order valence-corrected chi connectivity index (χ1v) is 9.60. The van der Waals surface area contributed by atoms with Crippen molar-refractivity contribution in [3.05, 3.63) is 59.7 Å². The average molecular weight is 386 g/mol. The molecule has 3 N–H and O–H groups in total. The number of methoxy groups -OCH3 is 1. The second-order valence-electron chi connectivity index (χ2n) is 6.24. The summed E-state index contributed by atoms with van der Waals surface area (Å²) in [5.41, 5.74) is 8.55. The lowest BCUT2D eigenvalue weighted by Crippen LogP contribution is -2.43. The second kappa shape index (κ2) is 11.2. The zero-order chi connectivity index (χ0) is 19.5. The van der Waals surface area contributed by atoms with E-state index in [-0.39, 0.29) is 5.91 Å². The zero-order valence-electron chi connectivity index (χ0n) is 15.9. The highest BCUT2D eigenvalue weighted by Gasteiger charge is 2.06. The number of hydrazine groups is 1. The Morgan fingerprint density at radius 3 is 2.48 bits per heavy atom. The van der Waals surface area contributed by atoms with Gasteiger partial charge in [0.25, 0.3) is 0 Å². The first-order chi connectivity index (χ1) is 13.1. The van der Waals surface area contributed by atoms with Gasteiger partial charge in [-0.3, -0.25) is 15.6 Å². The zero-order valence-corrected chi connectivity index (χ0v) is 16.7.